The fourth-order valence-electron chi connectivity index (χ4n) is 2.00. The zero-order chi connectivity index (χ0) is 12.6. The summed E-state index contributed by atoms with van der Waals surface area (Å²) in [4.78, 5) is 12.2. The van der Waals surface area contributed by atoms with Gasteiger partial charge in [-0.2, -0.15) is 0 Å². The first-order valence-electron chi connectivity index (χ1n) is 6.01. The number of alkyl halides is 1. The summed E-state index contributed by atoms with van der Waals surface area (Å²) in [6.07, 6.45) is 1.88. The van der Waals surface area contributed by atoms with Crippen LogP contribution in [0.2, 0.25) is 0 Å². The molecule has 0 unspecified atom stereocenters. The lowest BCUT2D eigenvalue weighted by molar-refractivity contribution is 0.0925. The van der Waals surface area contributed by atoms with Crippen LogP contribution in [0.4, 0.5) is 0 Å². The Morgan fingerprint density at radius 2 is 2.11 bits per heavy atom. The third-order valence-corrected chi connectivity index (χ3v) is 3.81. The van der Waals surface area contributed by atoms with Gasteiger partial charge in [-0.15, -0.1) is 11.6 Å². The Morgan fingerprint density at radius 1 is 1.33 bits per heavy atom. The number of amides is 1. The van der Waals surface area contributed by atoms with Crippen molar-refractivity contribution in [2.24, 2.45) is 0 Å². The van der Waals surface area contributed by atoms with Crippen molar-refractivity contribution < 1.29 is 14.3 Å². The lowest BCUT2D eigenvalue weighted by Gasteiger charge is -2.21. The molecule has 0 saturated heterocycles. The van der Waals surface area contributed by atoms with Gasteiger partial charge in [0.05, 0.1) is 11.1 Å². The zero-order valence-corrected chi connectivity index (χ0v) is 10.6. The van der Waals surface area contributed by atoms with Gasteiger partial charge in [0.15, 0.2) is 11.5 Å². The molecule has 1 aliphatic carbocycles. The van der Waals surface area contributed by atoms with Crippen molar-refractivity contribution in [3.63, 3.8) is 0 Å². The molecule has 5 heteroatoms. The molecule has 0 aromatic heterocycles. The van der Waals surface area contributed by atoms with E-state index in [1.807, 2.05) is 0 Å². The van der Waals surface area contributed by atoms with E-state index in [1.165, 1.54) is 0 Å². The number of rotatable bonds is 3. The first kappa shape index (κ1) is 11.7. The van der Waals surface area contributed by atoms with Crippen LogP contribution in [0.5, 0.6) is 11.5 Å². The maximum absolute atomic E-state index is 12.2. The predicted molar refractivity (Wildman–Crippen MR) is 67.6 cm³/mol. The van der Waals surface area contributed by atoms with E-state index >= 15 is 0 Å². The first-order valence-corrected chi connectivity index (χ1v) is 6.55. The molecule has 1 aromatic rings. The molecule has 1 heterocycles. The Labute approximate surface area is 110 Å². The molecule has 2 aliphatic rings. The molecule has 1 saturated carbocycles. The zero-order valence-electron chi connectivity index (χ0n) is 9.87. The van der Waals surface area contributed by atoms with Gasteiger partial charge in [-0.05, 0) is 25.0 Å². The molecule has 4 nitrogen and oxygen atoms in total. The van der Waals surface area contributed by atoms with Gasteiger partial charge < -0.3 is 14.8 Å². The van der Waals surface area contributed by atoms with Crippen LogP contribution in [0.25, 0.3) is 0 Å². The molecule has 0 spiro atoms. The fraction of sp³-hybridized carbons (Fsp3) is 0.462. The smallest absolute Gasteiger partial charge is 0.255 e. The topological polar surface area (TPSA) is 47.6 Å². The van der Waals surface area contributed by atoms with Crippen molar-refractivity contribution in [1.82, 2.24) is 5.32 Å². The van der Waals surface area contributed by atoms with Gasteiger partial charge in [-0.1, -0.05) is 6.07 Å². The highest BCUT2D eigenvalue weighted by Crippen LogP contribution is 2.38. The Kier molecular flexibility index (Phi) is 2.82. The number of hydrogen-bond acceptors (Lipinski definition) is 3. The number of hydrogen-bond donors (Lipinski definition) is 1. The SMILES string of the molecule is O=C(NC1(CCl)CC1)c1cccc2c1OCCO2. The average molecular weight is 268 g/mol. The second-order valence-electron chi connectivity index (χ2n) is 4.70. The third-order valence-electron chi connectivity index (χ3n) is 3.30. The molecule has 96 valence electrons. The molecule has 1 fully saturated rings. The van der Waals surface area contributed by atoms with Gasteiger partial charge >= 0.3 is 0 Å². The van der Waals surface area contributed by atoms with Gasteiger partial charge in [0.25, 0.3) is 5.91 Å². The molecule has 0 bridgehead atoms. The minimum Gasteiger partial charge on any atom is -0.486 e. The minimum atomic E-state index is -0.211. The van der Waals surface area contributed by atoms with E-state index in [4.69, 9.17) is 21.1 Å². The molecule has 1 amide bonds. The number of carbonyl (C=O) groups is 1. The summed E-state index contributed by atoms with van der Waals surface area (Å²) >= 11 is 5.86. The van der Waals surface area contributed by atoms with E-state index in [1.54, 1.807) is 18.2 Å². The summed E-state index contributed by atoms with van der Waals surface area (Å²) in [7, 11) is 0. The Hall–Kier alpha value is -1.42. The quantitative estimate of drug-likeness (QED) is 0.852. The number of ether oxygens (including phenoxy) is 2. The highest BCUT2D eigenvalue weighted by molar-refractivity contribution is 6.19. The van der Waals surface area contributed by atoms with E-state index in [0.717, 1.165) is 12.8 Å². The Morgan fingerprint density at radius 3 is 2.83 bits per heavy atom. The summed E-state index contributed by atoms with van der Waals surface area (Å²) in [5.41, 5.74) is 0.306. The van der Waals surface area contributed by atoms with Crippen LogP contribution in [-0.2, 0) is 0 Å². The standard InChI is InChI=1S/C13H14ClNO3/c14-8-13(4-5-13)15-12(16)9-2-1-3-10-11(9)18-7-6-17-10/h1-3H,4-8H2,(H,15,16). The Bertz CT molecular complexity index is 485. The van der Waals surface area contributed by atoms with Crippen LogP contribution in [0.1, 0.15) is 23.2 Å². The molecule has 3 rings (SSSR count). The second-order valence-corrected chi connectivity index (χ2v) is 4.97. The average Bonchev–Trinajstić information content (AvgIpc) is 3.18. The maximum atomic E-state index is 12.2. The van der Waals surface area contributed by atoms with Gasteiger partial charge in [0, 0.05) is 5.88 Å². The summed E-state index contributed by atoms with van der Waals surface area (Å²) in [6.45, 7) is 0.988. The number of fused-ring (bicyclic) bond motifs is 1. The second kappa shape index (κ2) is 4.35. The van der Waals surface area contributed by atoms with Crippen LogP contribution >= 0.6 is 11.6 Å². The number of carbonyl (C=O) groups excluding carboxylic acids is 1. The van der Waals surface area contributed by atoms with Crippen molar-refractivity contribution in [2.75, 3.05) is 19.1 Å². The highest BCUT2D eigenvalue weighted by atomic mass is 35.5. The third kappa shape index (κ3) is 2.01. The van der Waals surface area contributed by atoms with Crippen molar-refractivity contribution in [2.45, 2.75) is 18.4 Å². The van der Waals surface area contributed by atoms with Crippen LogP contribution in [0.15, 0.2) is 18.2 Å². The van der Waals surface area contributed by atoms with E-state index in [2.05, 4.69) is 5.32 Å². The summed E-state index contributed by atoms with van der Waals surface area (Å²) in [5, 5.41) is 2.98. The largest absolute Gasteiger partial charge is 0.486 e. The molecule has 18 heavy (non-hydrogen) atoms. The van der Waals surface area contributed by atoms with Gasteiger partial charge in [-0.25, -0.2) is 0 Å². The Balaban J connectivity index is 1.85. The van der Waals surface area contributed by atoms with Gasteiger partial charge in [0.2, 0.25) is 0 Å². The summed E-state index contributed by atoms with van der Waals surface area (Å²) in [5.74, 6) is 1.47. The van der Waals surface area contributed by atoms with Crippen molar-refractivity contribution >= 4 is 17.5 Å². The van der Waals surface area contributed by atoms with Crippen LogP contribution in [-0.4, -0.2) is 30.5 Å². The van der Waals surface area contributed by atoms with Crippen molar-refractivity contribution in [3.05, 3.63) is 23.8 Å². The van der Waals surface area contributed by atoms with Crippen LogP contribution in [0, 0.1) is 0 Å². The van der Waals surface area contributed by atoms with Gasteiger partial charge in [0.1, 0.15) is 13.2 Å². The fourth-order valence-corrected chi connectivity index (χ4v) is 2.34. The predicted octanol–water partition coefficient (Wildman–Crippen LogP) is 1.96. The van der Waals surface area contributed by atoms with Crippen molar-refractivity contribution in [1.29, 1.82) is 0 Å². The van der Waals surface area contributed by atoms with Crippen LogP contribution in [0.3, 0.4) is 0 Å². The molecule has 1 aromatic carbocycles. The highest BCUT2D eigenvalue weighted by Gasteiger charge is 2.43. The summed E-state index contributed by atoms with van der Waals surface area (Å²) < 4.78 is 11.0. The molecular weight excluding hydrogens is 254 g/mol. The van der Waals surface area contributed by atoms with E-state index in [9.17, 15) is 4.79 Å². The summed E-state index contributed by atoms with van der Waals surface area (Å²) in [6, 6.07) is 5.34. The van der Waals surface area contributed by atoms with Crippen LogP contribution < -0.4 is 14.8 Å². The number of benzene rings is 1. The number of nitrogens with one attached hydrogen (secondary N) is 1. The van der Waals surface area contributed by atoms with E-state index in [0.29, 0.717) is 36.2 Å². The maximum Gasteiger partial charge on any atom is 0.255 e. The molecule has 0 atom stereocenters. The van der Waals surface area contributed by atoms with Gasteiger partial charge in [-0.3, -0.25) is 4.79 Å². The first-order chi connectivity index (χ1) is 8.74. The lowest BCUT2D eigenvalue weighted by atomic mass is 10.1. The number of halogens is 1. The minimum absolute atomic E-state index is 0.143. The molecule has 1 N–H and O–H groups in total. The molecule has 1 aliphatic heterocycles. The van der Waals surface area contributed by atoms with Crippen molar-refractivity contribution in [3.8, 4) is 11.5 Å². The lowest BCUT2D eigenvalue weighted by Crippen LogP contribution is -2.38. The van der Waals surface area contributed by atoms with E-state index < -0.39 is 0 Å². The molecule has 0 radical (unpaired) electrons. The molecular formula is C13H14ClNO3. The van der Waals surface area contributed by atoms with E-state index in [-0.39, 0.29) is 11.4 Å². The number of para-hydroxylation sites is 1. The normalized spacial score (nSPS) is 19.2. The monoisotopic (exact) mass is 267 g/mol.